The van der Waals surface area contributed by atoms with Crippen LogP contribution < -0.4 is 4.90 Å². The van der Waals surface area contributed by atoms with Crippen LogP contribution in [0.4, 0.5) is 10.1 Å². The van der Waals surface area contributed by atoms with E-state index in [0.29, 0.717) is 17.5 Å². The number of anilines is 1. The van der Waals surface area contributed by atoms with Crippen LogP contribution in [0.15, 0.2) is 42.7 Å². The highest BCUT2D eigenvalue weighted by Gasteiger charge is 2.28. The number of hydrogen-bond acceptors (Lipinski definition) is 5. The van der Waals surface area contributed by atoms with Gasteiger partial charge in [-0.05, 0) is 49.6 Å². The van der Waals surface area contributed by atoms with E-state index in [2.05, 4.69) is 26.2 Å². The van der Waals surface area contributed by atoms with E-state index in [-0.39, 0.29) is 11.7 Å². The molecule has 0 aliphatic carbocycles. The average molecular weight is 386 g/mol. The Hall–Kier alpha value is -3.53. The summed E-state index contributed by atoms with van der Waals surface area (Å²) in [4.78, 5) is 6.60. The topological polar surface area (TPSA) is 70.1 Å². The van der Waals surface area contributed by atoms with E-state index in [1.165, 1.54) is 12.1 Å². The van der Waals surface area contributed by atoms with Crippen molar-refractivity contribution in [1.29, 1.82) is 5.26 Å². The first kappa shape index (κ1) is 17.6. The van der Waals surface area contributed by atoms with Crippen molar-refractivity contribution in [2.45, 2.75) is 25.7 Å². The molecule has 4 aromatic rings. The van der Waals surface area contributed by atoms with Crippen LogP contribution in [0.25, 0.3) is 16.6 Å². The van der Waals surface area contributed by atoms with Gasteiger partial charge in [-0.15, -0.1) is 10.2 Å². The number of aromatic nitrogens is 4. The molecule has 1 fully saturated rings. The molecule has 3 aromatic heterocycles. The summed E-state index contributed by atoms with van der Waals surface area (Å²) in [7, 11) is 0. The number of aryl methyl sites for hydroxylation is 1. The van der Waals surface area contributed by atoms with Crippen molar-refractivity contribution in [2.75, 3.05) is 18.0 Å². The molecule has 29 heavy (non-hydrogen) atoms. The summed E-state index contributed by atoms with van der Waals surface area (Å²) in [5.41, 5.74) is 3.55. The third-order valence-corrected chi connectivity index (χ3v) is 5.66. The molecule has 1 atom stereocenters. The number of rotatable bonds is 2. The van der Waals surface area contributed by atoms with E-state index >= 15 is 0 Å². The first-order valence-corrected chi connectivity index (χ1v) is 9.69. The fourth-order valence-electron chi connectivity index (χ4n) is 4.37. The maximum Gasteiger partial charge on any atom is 0.160 e. The van der Waals surface area contributed by atoms with E-state index in [0.717, 1.165) is 47.6 Å². The van der Waals surface area contributed by atoms with Gasteiger partial charge in [0.15, 0.2) is 5.65 Å². The highest BCUT2D eigenvalue weighted by atomic mass is 19.1. The van der Waals surface area contributed by atoms with Crippen LogP contribution in [0.2, 0.25) is 0 Å². The molecule has 5 rings (SSSR count). The summed E-state index contributed by atoms with van der Waals surface area (Å²) in [6.45, 7) is 3.34. The van der Waals surface area contributed by atoms with Crippen molar-refractivity contribution in [3.05, 3.63) is 65.5 Å². The second-order valence-corrected chi connectivity index (χ2v) is 7.52. The summed E-state index contributed by atoms with van der Waals surface area (Å²) in [6.07, 6.45) is 5.52. The lowest BCUT2D eigenvalue weighted by Gasteiger charge is -2.34. The minimum atomic E-state index is -0.315. The normalized spacial score (nSPS) is 17.0. The molecule has 144 valence electrons. The van der Waals surface area contributed by atoms with Gasteiger partial charge in [-0.3, -0.25) is 9.38 Å². The SMILES string of the molecule is Cc1cc(F)cc2c(N3CCCC(c4nnc5ccccn45)C3)c(C#N)cnc12. The third-order valence-electron chi connectivity index (χ3n) is 5.66. The third kappa shape index (κ3) is 2.88. The molecular formula is C22H19FN6. The summed E-state index contributed by atoms with van der Waals surface area (Å²) in [5.74, 6) is 0.778. The van der Waals surface area contributed by atoms with Crippen molar-refractivity contribution in [1.82, 2.24) is 19.6 Å². The van der Waals surface area contributed by atoms with Gasteiger partial charge in [-0.1, -0.05) is 6.07 Å². The maximum atomic E-state index is 14.2. The summed E-state index contributed by atoms with van der Waals surface area (Å²) < 4.78 is 16.2. The number of nitrogens with zero attached hydrogens (tertiary/aromatic N) is 6. The predicted octanol–water partition coefficient (Wildman–Crippen LogP) is 3.98. The van der Waals surface area contributed by atoms with E-state index in [9.17, 15) is 9.65 Å². The molecule has 1 aliphatic rings. The number of nitriles is 1. The maximum absolute atomic E-state index is 14.2. The monoisotopic (exact) mass is 386 g/mol. The molecule has 6 nitrogen and oxygen atoms in total. The van der Waals surface area contributed by atoms with Crippen LogP contribution in [0.1, 0.15) is 35.7 Å². The zero-order chi connectivity index (χ0) is 20.0. The van der Waals surface area contributed by atoms with Crippen molar-refractivity contribution in [2.24, 2.45) is 0 Å². The van der Waals surface area contributed by atoms with Gasteiger partial charge in [0.05, 0.1) is 16.8 Å². The number of pyridine rings is 2. The Kier molecular flexibility index (Phi) is 4.13. The van der Waals surface area contributed by atoms with Gasteiger partial charge in [-0.25, -0.2) is 4.39 Å². The smallest absolute Gasteiger partial charge is 0.160 e. The van der Waals surface area contributed by atoms with Gasteiger partial charge >= 0.3 is 0 Å². The lowest BCUT2D eigenvalue weighted by Crippen LogP contribution is -2.35. The summed E-state index contributed by atoms with van der Waals surface area (Å²) in [5, 5.41) is 19.1. The minimum absolute atomic E-state index is 0.172. The fourth-order valence-corrected chi connectivity index (χ4v) is 4.37. The molecule has 1 aliphatic heterocycles. The molecule has 0 spiro atoms. The predicted molar refractivity (Wildman–Crippen MR) is 108 cm³/mol. The molecule has 0 saturated carbocycles. The number of halogens is 1. The molecule has 1 saturated heterocycles. The highest BCUT2D eigenvalue weighted by molar-refractivity contribution is 5.96. The van der Waals surface area contributed by atoms with Crippen molar-refractivity contribution >= 4 is 22.2 Å². The number of piperidine rings is 1. The van der Waals surface area contributed by atoms with Crippen LogP contribution in [-0.2, 0) is 0 Å². The largest absolute Gasteiger partial charge is 0.369 e. The summed E-state index contributed by atoms with van der Waals surface area (Å²) in [6, 6.07) is 11.1. The molecular weight excluding hydrogens is 367 g/mol. The second kappa shape index (κ2) is 6.82. The standard InChI is InChI=1S/C22H19FN6/c1-14-9-17(23)10-18-20(14)25-12-16(11-24)21(18)28-7-4-5-15(13-28)22-27-26-19-6-2-3-8-29(19)22/h2-3,6,8-10,12,15H,4-5,7,13H2,1H3. The van der Waals surface area contributed by atoms with Crippen molar-refractivity contribution in [3.63, 3.8) is 0 Å². The molecule has 1 unspecified atom stereocenters. The number of benzene rings is 1. The zero-order valence-corrected chi connectivity index (χ0v) is 16.0. The van der Waals surface area contributed by atoms with Crippen LogP contribution in [0.5, 0.6) is 0 Å². The lowest BCUT2D eigenvalue weighted by molar-refractivity contribution is 0.489. The minimum Gasteiger partial charge on any atom is -0.369 e. The molecule has 0 bridgehead atoms. The Balaban J connectivity index is 1.61. The molecule has 7 heteroatoms. The summed E-state index contributed by atoms with van der Waals surface area (Å²) >= 11 is 0. The Bertz CT molecular complexity index is 1270. The quantitative estimate of drug-likeness (QED) is 0.521. The molecule has 4 heterocycles. The fraction of sp³-hybridized carbons (Fsp3) is 0.273. The van der Waals surface area contributed by atoms with Crippen molar-refractivity contribution < 1.29 is 4.39 Å². The zero-order valence-electron chi connectivity index (χ0n) is 16.0. The van der Waals surface area contributed by atoms with Crippen LogP contribution in [-0.4, -0.2) is 32.7 Å². The molecule has 0 radical (unpaired) electrons. The Morgan fingerprint density at radius 1 is 1.24 bits per heavy atom. The van der Waals surface area contributed by atoms with E-state index in [4.69, 9.17) is 0 Å². The van der Waals surface area contributed by atoms with Gasteiger partial charge < -0.3 is 4.90 Å². The van der Waals surface area contributed by atoms with Crippen LogP contribution in [0.3, 0.4) is 0 Å². The molecule has 0 amide bonds. The highest BCUT2D eigenvalue weighted by Crippen LogP contribution is 2.36. The number of hydrogen-bond donors (Lipinski definition) is 0. The lowest BCUT2D eigenvalue weighted by atomic mass is 9.95. The van der Waals surface area contributed by atoms with Gasteiger partial charge in [0.2, 0.25) is 0 Å². The second-order valence-electron chi connectivity index (χ2n) is 7.52. The van der Waals surface area contributed by atoms with Crippen LogP contribution >= 0.6 is 0 Å². The van der Waals surface area contributed by atoms with E-state index in [1.807, 2.05) is 35.7 Å². The first-order valence-electron chi connectivity index (χ1n) is 9.69. The Morgan fingerprint density at radius 3 is 3.00 bits per heavy atom. The van der Waals surface area contributed by atoms with Gasteiger partial charge in [0, 0.05) is 36.8 Å². The van der Waals surface area contributed by atoms with Crippen molar-refractivity contribution in [3.8, 4) is 6.07 Å². The van der Waals surface area contributed by atoms with E-state index < -0.39 is 0 Å². The Morgan fingerprint density at radius 2 is 2.14 bits per heavy atom. The van der Waals surface area contributed by atoms with Gasteiger partial charge in [0.25, 0.3) is 0 Å². The van der Waals surface area contributed by atoms with E-state index in [1.54, 1.807) is 6.20 Å². The average Bonchev–Trinajstić information content (AvgIpc) is 3.17. The van der Waals surface area contributed by atoms with Crippen LogP contribution in [0, 0.1) is 24.1 Å². The number of fused-ring (bicyclic) bond motifs is 2. The molecule has 1 aromatic carbocycles. The van der Waals surface area contributed by atoms with Gasteiger partial charge in [0.1, 0.15) is 17.7 Å². The van der Waals surface area contributed by atoms with Gasteiger partial charge in [-0.2, -0.15) is 5.26 Å². The molecule has 0 N–H and O–H groups in total. The Labute approximate surface area is 167 Å². The first-order chi connectivity index (χ1) is 14.2.